The minimum Gasteiger partial charge on any atom is -0.481 e. The maximum atomic E-state index is 10.5. The average molecular weight is 203 g/mol. The van der Waals surface area contributed by atoms with E-state index < -0.39 is 5.97 Å². The second kappa shape index (κ2) is 7.76. The molecule has 0 aromatic heterocycles. The lowest BCUT2D eigenvalue weighted by molar-refractivity contribution is -0.138. The standard InChI is InChI=1S/C10H21NO3/c1-3-14-7-8(2)4-9(6-11)5-10(12)13/h8-9H,3-7,11H2,1-2H3,(H,12,13)/t8-,9-/m0/s1. The van der Waals surface area contributed by atoms with Crippen LogP contribution in [0.5, 0.6) is 0 Å². The minimum absolute atomic E-state index is 0.0722. The van der Waals surface area contributed by atoms with E-state index in [9.17, 15) is 4.79 Å². The van der Waals surface area contributed by atoms with E-state index in [1.165, 1.54) is 0 Å². The third-order valence-electron chi connectivity index (χ3n) is 2.14. The lowest BCUT2D eigenvalue weighted by Crippen LogP contribution is -2.22. The van der Waals surface area contributed by atoms with Gasteiger partial charge in [-0.15, -0.1) is 0 Å². The molecule has 3 N–H and O–H groups in total. The predicted molar refractivity (Wildman–Crippen MR) is 55.1 cm³/mol. The molecule has 0 saturated carbocycles. The number of hydrogen-bond donors (Lipinski definition) is 2. The first-order valence-electron chi connectivity index (χ1n) is 5.09. The first-order valence-corrected chi connectivity index (χ1v) is 5.09. The summed E-state index contributed by atoms with van der Waals surface area (Å²) in [5, 5.41) is 8.62. The molecule has 2 atom stereocenters. The number of carbonyl (C=O) groups is 1. The van der Waals surface area contributed by atoms with Crippen LogP contribution in [0.4, 0.5) is 0 Å². The summed E-state index contributed by atoms with van der Waals surface area (Å²) in [5.41, 5.74) is 5.49. The molecule has 0 spiro atoms. The highest BCUT2D eigenvalue weighted by Crippen LogP contribution is 2.15. The van der Waals surface area contributed by atoms with Crippen molar-refractivity contribution in [2.45, 2.75) is 26.7 Å². The van der Waals surface area contributed by atoms with E-state index in [1.54, 1.807) is 0 Å². The van der Waals surface area contributed by atoms with Gasteiger partial charge in [0.2, 0.25) is 0 Å². The summed E-state index contributed by atoms with van der Waals surface area (Å²) < 4.78 is 5.26. The van der Waals surface area contributed by atoms with Crippen molar-refractivity contribution in [1.29, 1.82) is 0 Å². The van der Waals surface area contributed by atoms with Gasteiger partial charge in [0, 0.05) is 19.6 Å². The van der Waals surface area contributed by atoms with Gasteiger partial charge in [0.25, 0.3) is 0 Å². The lowest BCUT2D eigenvalue weighted by Gasteiger charge is -2.17. The Hall–Kier alpha value is -0.610. The molecule has 0 aliphatic carbocycles. The van der Waals surface area contributed by atoms with Crippen LogP contribution < -0.4 is 5.73 Å². The van der Waals surface area contributed by atoms with Crippen molar-refractivity contribution >= 4 is 5.97 Å². The van der Waals surface area contributed by atoms with Crippen LogP contribution in [0.15, 0.2) is 0 Å². The van der Waals surface area contributed by atoms with Crippen LogP contribution in [0.1, 0.15) is 26.7 Å². The normalized spacial score (nSPS) is 15.1. The van der Waals surface area contributed by atoms with Gasteiger partial charge in [-0.1, -0.05) is 6.92 Å². The predicted octanol–water partition coefficient (Wildman–Crippen LogP) is 1.10. The SMILES string of the molecule is CCOC[C@@H](C)C[C@H](CN)CC(=O)O. The fourth-order valence-corrected chi connectivity index (χ4v) is 1.47. The summed E-state index contributed by atoms with van der Waals surface area (Å²) in [6.45, 7) is 5.83. The van der Waals surface area contributed by atoms with Crippen molar-refractivity contribution < 1.29 is 14.6 Å². The number of aliphatic carboxylic acids is 1. The quantitative estimate of drug-likeness (QED) is 0.619. The highest BCUT2D eigenvalue weighted by molar-refractivity contribution is 5.67. The fraction of sp³-hybridized carbons (Fsp3) is 0.900. The smallest absolute Gasteiger partial charge is 0.303 e. The van der Waals surface area contributed by atoms with Crippen molar-refractivity contribution in [3.63, 3.8) is 0 Å². The minimum atomic E-state index is -0.774. The third kappa shape index (κ3) is 6.86. The molecule has 0 bridgehead atoms. The van der Waals surface area contributed by atoms with Gasteiger partial charge < -0.3 is 15.6 Å². The molecule has 4 nitrogen and oxygen atoms in total. The van der Waals surface area contributed by atoms with Crippen LogP contribution in [0.2, 0.25) is 0 Å². The summed E-state index contributed by atoms with van der Waals surface area (Å²) in [7, 11) is 0. The highest BCUT2D eigenvalue weighted by atomic mass is 16.5. The van der Waals surface area contributed by atoms with Crippen LogP contribution in [0.3, 0.4) is 0 Å². The van der Waals surface area contributed by atoms with Gasteiger partial charge in [0.15, 0.2) is 0 Å². The number of ether oxygens (including phenoxy) is 1. The Balaban J connectivity index is 3.73. The topological polar surface area (TPSA) is 72.5 Å². The largest absolute Gasteiger partial charge is 0.481 e. The van der Waals surface area contributed by atoms with Crippen LogP contribution in [0.25, 0.3) is 0 Å². The molecule has 0 fully saturated rings. The van der Waals surface area contributed by atoms with Crippen molar-refractivity contribution in [3.05, 3.63) is 0 Å². The zero-order valence-electron chi connectivity index (χ0n) is 9.03. The van der Waals surface area contributed by atoms with E-state index >= 15 is 0 Å². The van der Waals surface area contributed by atoms with Crippen LogP contribution in [-0.4, -0.2) is 30.8 Å². The van der Waals surface area contributed by atoms with Gasteiger partial charge in [-0.3, -0.25) is 4.79 Å². The molecule has 0 aliphatic rings. The molecule has 0 heterocycles. The number of nitrogens with two attached hydrogens (primary N) is 1. The molecule has 84 valence electrons. The maximum Gasteiger partial charge on any atom is 0.303 e. The van der Waals surface area contributed by atoms with Gasteiger partial charge >= 0.3 is 5.97 Å². The van der Waals surface area contributed by atoms with Gasteiger partial charge in [0.05, 0.1) is 0 Å². The second-order valence-corrected chi connectivity index (χ2v) is 3.70. The molecule has 4 heteroatoms. The molecular formula is C10H21NO3. The Kier molecular flexibility index (Phi) is 7.42. The molecule has 0 aliphatic heterocycles. The monoisotopic (exact) mass is 203 g/mol. The Morgan fingerprint density at radius 2 is 2.21 bits per heavy atom. The number of rotatable bonds is 8. The van der Waals surface area contributed by atoms with Crippen molar-refractivity contribution in [1.82, 2.24) is 0 Å². The molecule has 0 aromatic rings. The van der Waals surface area contributed by atoms with E-state index in [0.717, 1.165) is 6.42 Å². The van der Waals surface area contributed by atoms with Crippen molar-refractivity contribution in [3.8, 4) is 0 Å². The van der Waals surface area contributed by atoms with E-state index in [-0.39, 0.29) is 12.3 Å². The Labute approximate surface area is 85.4 Å². The lowest BCUT2D eigenvalue weighted by atomic mass is 9.94. The highest BCUT2D eigenvalue weighted by Gasteiger charge is 2.15. The first kappa shape index (κ1) is 13.4. The van der Waals surface area contributed by atoms with E-state index in [1.807, 2.05) is 6.92 Å². The summed E-state index contributed by atoms with van der Waals surface area (Å²) in [6, 6.07) is 0. The van der Waals surface area contributed by atoms with Gasteiger partial charge in [-0.05, 0) is 31.7 Å². The van der Waals surface area contributed by atoms with Gasteiger partial charge in [0.1, 0.15) is 0 Å². The van der Waals surface area contributed by atoms with Crippen LogP contribution in [-0.2, 0) is 9.53 Å². The zero-order valence-corrected chi connectivity index (χ0v) is 9.03. The molecule has 0 rings (SSSR count). The third-order valence-corrected chi connectivity index (χ3v) is 2.14. The Morgan fingerprint density at radius 3 is 2.64 bits per heavy atom. The second-order valence-electron chi connectivity index (χ2n) is 3.70. The van der Waals surface area contributed by atoms with Gasteiger partial charge in [-0.25, -0.2) is 0 Å². The van der Waals surface area contributed by atoms with Gasteiger partial charge in [-0.2, -0.15) is 0 Å². The fourth-order valence-electron chi connectivity index (χ4n) is 1.47. The molecule has 0 unspecified atom stereocenters. The molecule has 14 heavy (non-hydrogen) atoms. The van der Waals surface area contributed by atoms with Crippen molar-refractivity contribution in [2.24, 2.45) is 17.6 Å². The molecule has 0 aromatic carbocycles. The Morgan fingerprint density at radius 1 is 1.57 bits per heavy atom. The molecule has 0 saturated heterocycles. The summed E-state index contributed by atoms with van der Waals surface area (Å²) in [6.07, 6.45) is 0.982. The number of carboxylic acids is 1. The summed E-state index contributed by atoms with van der Waals surface area (Å²) in [4.78, 5) is 10.5. The molecular weight excluding hydrogens is 182 g/mol. The van der Waals surface area contributed by atoms with Crippen LogP contribution in [0, 0.1) is 11.8 Å². The summed E-state index contributed by atoms with van der Waals surface area (Å²) in [5.74, 6) is -0.324. The van der Waals surface area contributed by atoms with Crippen molar-refractivity contribution in [2.75, 3.05) is 19.8 Å². The molecule has 0 radical (unpaired) electrons. The Bertz CT molecular complexity index is 161. The van der Waals surface area contributed by atoms with E-state index in [4.69, 9.17) is 15.6 Å². The molecule has 0 amide bonds. The van der Waals surface area contributed by atoms with E-state index in [0.29, 0.717) is 25.7 Å². The summed E-state index contributed by atoms with van der Waals surface area (Å²) >= 11 is 0. The number of hydrogen-bond acceptors (Lipinski definition) is 3. The van der Waals surface area contributed by atoms with E-state index in [2.05, 4.69) is 6.92 Å². The average Bonchev–Trinajstić information content (AvgIpc) is 2.12. The van der Waals surface area contributed by atoms with Crippen LogP contribution >= 0.6 is 0 Å². The zero-order chi connectivity index (χ0) is 11.0. The maximum absolute atomic E-state index is 10.5. The number of carboxylic acid groups (broad SMARTS) is 1. The first-order chi connectivity index (χ1) is 6.60.